The minimum Gasteiger partial charge on any atom is -0.364 e. The zero-order chi connectivity index (χ0) is 11.7. The van der Waals surface area contributed by atoms with Gasteiger partial charge in [-0.2, -0.15) is 0 Å². The fraction of sp³-hybridized carbons (Fsp3) is 1.00. The van der Waals surface area contributed by atoms with Crippen LogP contribution in [0, 0.1) is 0 Å². The van der Waals surface area contributed by atoms with Gasteiger partial charge in [0.2, 0.25) is 0 Å². The molecule has 0 aromatic heterocycles. The third kappa shape index (κ3) is 5.24. The predicted octanol–water partition coefficient (Wildman–Crippen LogP) is 2.45. The lowest BCUT2D eigenvalue weighted by Crippen LogP contribution is -2.59. The van der Waals surface area contributed by atoms with Gasteiger partial charge in [-0.3, -0.25) is 4.57 Å². The van der Waals surface area contributed by atoms with Gasteiger partial charge in [0.25, 0.3) is 0 Å². The van der Waals surface area contributed by atoms with Crippen molar-refractivity contribution in [2.45, 2.75) is 33.1 Å². The summed E-state index contributed by atoms with van der Waals surface area (Å²) in [5.41, 5.74) is 0. The van der Waals surface area contributed by atoms with Crippen LogP contribution in [0.25, 0.3) is 0 Å². The van der Waals surface area contributed by atoms with Crippen molar-refractivity contribution in [1.29, 1.82) is 0 Å². The molecule has 0 rings (SSSR count). The van der Waals surface area contributed by atoms with Crippen LogP contribution in [0.3, 0.4) is 0 Å². The molecule has 100 valence electrons. The third-order valence-corrected chi connectivity index (χ3v) is 5.21. The van der Waals surface area contributed by atoms with Crippen molar-refractivity contribution in [2.24, 2.45) is 0 Å². The summed E-state index contributed by atoms with van der Waals surface area (Å²) in [5.74, 6) is 0. The first-order valence-corrected chi connectivity index (χ1v) is 7.28. The quantitative estimate of drug-likeness (QED) is 0.612. The van der Waals surface area contributed by atoms with Gasteiger partial charge in [0.05, 0.1) is 0 Å². The SMILES string of the molecule is Br.CCCCN(CCC)[Si](OC)(OC)OC. The summed E-state index contributed by atoms with van der Waals surface area (Å²) >= 11 is 0. The number of hydrogen-bond acceptors (Lipinski definition) is 4. The average Bonchev–Trinajstić information content (AvgIpc) is 2.28. The lowest BCUT2D eigenvalue weighted by atomic mass is 10.3. The molecule has 0 aromatic carbocycles. The van der Waals surface area contributed by atoms with Gasteiger partial charge in [-0.1, -0.05) is 20.3 Å². The maximum absolute atomic E-state index is 5.47. The molecule has 0 radical (unpaired) electrons. The fourth-order valence-electron chi connectivity index (χ4n) is 1.64. The van der Waals surface area contributed by atoms with E-state index in [2.05, 4.69) is 18.4 Å². The maximum atomic E-state index is 5.47. The van der Waals surface area contributed by atoms with Crippen LogP contribution in [0.2, 0.25) is 0 Å². The highest BCUT2D eigenvalue weighted by Gasteiger charge is 2.45. The normalized spacial score (nSPS) is 11.6. The van der Waals surface area contributed by atoms with Crippen LogP contribution >= 0.6 is 17.0 Å². The Morgan fingerprint density at radius 1 is 0.875 bits per heavy atom. The largest absolute Gasteiger partial charge is 0.598 e. The molecule has 4 nitrogen and oxygen atoms in total. The van der Waals surface area contributed by atoms with Crippen molar-refractivity contribution >= 4 is 25.9 Å². The molecule has 0 atom stereocenters. The van der Waals surface area contributed by atoms with Gasteiger partial charge in [-0.25, -0.2) is 0 Å². The van der Waals surface area contributed by atoms with Crippen LogP contribution in [0.4, 0.5) is 0 Å². The summed E-state index contributed by atoms with van der Waals surface area (Å²) in [4.78, 5) is 0. The van der Waals surface area contributed by atoms with Crippen molar-refractivity contribution in [3.05, 3.63) is 0 Å². The molecule has 0 aliphatic rings. The molecule has 6 heteroatoms. The Morgan fingerprint density at radius 2 is 1.38 bits per heavy atom. The van der Waals surface area contributed by atoms with E-state index >= 15 is 0 Å². The highest BCUT2D eigenvalue weighted by molar-refractivity contribution is 8.93. The predicted molar refractivity (Wildman–Crippen MR) is 73.9 cm³/mol. The molecule has 0 amide bonds. The van der Waals surface area contributed by atoms with Crippen molar-refractivity contribution in [1.82, 2.24) is 4.57 Å². The average molecular weight is 316 g/mol. The Balaban J connectivity index is 0. The second-order valence-electron chi connectivity index (χ2n) is 3.48. The van der Waals surface area contributed by atoms with Gasteiger partial charge in [-0.05, 0) is 25.9 Å². The molecule has 0 aliphatic carbocycles. The molecule has 0 saturated carbocycles. The summed E-state index contributed by atoms with van der Waals surface area (Å²) in [6, 6.07) is 0. The van der Waals surface area contributed by atoms with Gasteiger partial charge in [0, 0.05) is 21.3 Å². The molecule has 0 saturated heterocycles. The second kappa shape index (κ2) is 10.7. The molecule has 0 fully saturated rings. The Kier molecular flexibility index (Phi) is 12.6. The van der Waals surface area contributed by atoms with Crippen LogP contribution in [-0.2, 0) is 13.3 Å². The number of rotatable bonds is 9. The first kappa shape index (κ1) is 18.9. The molecule has 0 heterocycles. The third-order valence-electron chi connectivity index (χ3n) is 2.44. The molecule has 0 unspecified atom stereocenters. The smallest absolute Gasteiger partial charge is 0.364 e. The van der Waals surface area contributed by atoms with Gasteiger partial charge < -0.3 is 13.3 Å². The van der Waals surface area contributed by atoms with E-state index in [1.165, 1.54) is 6.42 Å². The zero-order valence-corrected chi connectivity index (χ0v) is 13.8. The highest BCUT2D eigenvalue weighted by atomic mass is 79.9. The van der Waals surface area contributed by atoms with E-state index in [4.69, 9.17) is 13.3 Å². The minimum atomic E-state index is -2.57. The van der Waals surface area contributed by atoms with Gasteiger partial charge in [-0.15, -0.1) is 17.0 Å². The summed E-state index contributed by atoms with van der Waals surface area (Å²) in [7, 11) is 2.41. The van der Waals surface area contributed by atoms with Gasteiger partial charge >= 0.3 is 8.97 Å². The standard InChI is InChI=1S/C10H25NO3Si.BrH/c1-6-8-10-11(9-7-2)15(12-3,13-4)14-5;/h6-10H2,1-5H3;1H. The minimum absolute atomic E-state index is 0. The van der Waals surface area contributed by atoms with Gasteiger partial charge in [0.1, 0.15) is 0 Å². The molecule has 16 heavy (non-hydrogen) atoms. The maximum Gasteiger partial charge on any atom is 0.598 e. The van der Waals surface area contributed by atoms with Crippen LogP contribution in [0.5, 0.6) is 0 Å². The Morgan fingerprint density at radius 3 is 1.69 bits per heavy atom. The van der Waals surface area contributed by atoms with E-state index in [-0.39, 0.29) is 17.0 Å². The summed E-state index contributed by atoms with van der Waals surface area (Å²) in [6.07, 6.45) is 3.39. The second-order valence-corrected chi connectivity index (χ2v) is 6.38. The molecule has 0 N–H and O–H groups in total. The Bertz CT molecular complexity index is 151. The Hall–Kier alpha value is 0.537. The number of nitrogens with zero attached hydrogens (tertiary/aromatic N) is 1. The Labute approximate surface area is 111 Å². The van der Waals surface area contributed by atoms with E-state index in [1.54, 1.807) is 21.3 Å². The van der Waals surface area contributed by atoms with E-state index in [9.17, 15) is 0 Å². The van der Waals surface area contributed by atoms with Crippen molar-refractivity contribution in [3.63, 3.8) is 0 Å². The topological polar surface area (TPSA) is 30.9 Å². The summed E-state index contributed by atoms with van der Waals surface area (Å²) in [5, 5.41) is 0. The van der Waals surface area contributed by atoms with Crippen LogP contribution in [0.1, 0.15) is 33.1 Å². The molecule has 0 aliphatic heterocycles. The molecular weight excluding hydrogens is 290 g/mol. The van der Waals surface area contributed by atoms with E-state index in [1.807, 2.05) is 0 Å². The van der Waals surface area contributed by atoms with Crippen molar-refractivity contribution in [2.75, 3.05) is 34.4 Å². The molecule has 0 aromatic rings. The molecule has 0 spiro atoms. The molecule has 0 bridgehead atoms. The van der Waals surface area contributed by atoms with Crippen LogP contribution in [-0.4, -0.2) is 48.0 Å². The first-order chi connectivity index (χ1) is 7.20. The molecular formula is C10H26BrNO3Si. The van der Waals surface area contributed by atoms with Crippen LogP contribution in [0.15, 0.2) is 0 Å². The van der Waals surface area contributed by atoms with Crippen molar-refractivity contribution < 1.29 is 13.3 Å². The van der Waals surface area contributed by atoms with E-state index in [0.717, 1.165) is 25.9 Å². The van der Waals surface area contributed by atoms with Gasteiger partial charge in [0.15, 0.2) is 0 Å². The highest BCUT2D eigenvalue weighted by Crippen LogP contribution is 2.14. The first-order valence-electron chi connectivity index (χ1n) is 5.61. The lowest BCUT2D eigenvalue weighted by molar-refractivity contribution is 0.0567. The zero-order valence-electron chi connectivity index (χ0n) is 11.1. The number of halogens is 1. The summed E-state index contributed by atoms with van der Waals surface area (Å²) in [6.45, 7) is 6.27. The fourth-order valence-corrected chi connectivity index (χ4v) is 3.85. The monoisotopic (exact) mass is 315 g/mol. The van der Waals surface area contributed by atoms with Crippen LogP contribution < -0.4 is 0 Å². The van der Waals surface area contributed by atoms with E-state index < -0.39 is 8.97 Å². The van der Waals surface area contributed by atoms with Crippen molar-refractivity contribution in [3.8, 4) is 0 Å². The van der Waals surface area contributed by atoms with E-state index in [0.29, 0.717) is 0 Å². The number of hydrogen-bond donors (Lipinski definition) is 0. The lowest BCUT2D eigenvalue weighted by Gasteiger charge is -2.35. The number of unbranched alkanes of at least 4 members (excludes halogenated alkanes) is 1. The summed E-state index contributed by atoms with van der Waals surface area (Å²) < 4.78 is 18.6.